The normalized spacial score (nSPS) is 11.1. The van der Waals surface area contributed by atoms with Gasteiger partial charge in [0, 0.05) is 34.1 Å². The molecule has 0 atom stereocenters. The van der Waals surface area contributed by atoms with Crippen LogP contribution in [-0.2, 0) is 16.0 Å². The summed E-state index contributed by atoms with van der Waals surface area (Å²) in [6, 6.07) is 1.65. The summed E-state index contributed by atoms with van der Waals surface area (Å²) in [5.74, 6) is -0.142. The molecule has 10 nitrogen and oxygen atoms in total. The number of rotatable bonds is 6. The van der Waals surface area contributed by atoms with Crippen LogP contribution >= 0.6 is 23.1 Å². The van der Waals surface area contributed by atoms with E-state index in [4.69, 9.17) is 4.74 Å². The summed E-state index contributed by atoms with van der Waals surface area (Å²) < 4.78 is 6.35. The Hall–Kier alpha value is -3.25. The zero-order valence-corrected chi connectivity index (χ0v) is 18.8. The van der Waals surface area contributed by atoms with Crippen molar-refractivity contribution >= 4 is 45.9 Å². The zero-order valence-electron chi connectivity index (χ0n) is 17.2. The van der Waals surface area contributed by atoms with Gasteiger partial charge in [0.05, 0.1) is 19.2 Å². The molecule has 0 aliphatic carbocycles. The number of nitrogens with one attached hydrogen (secondary N) is 2. The summed E-state index contributed by atoms with van der Waals surface area (Å²) in [5.41, 5.74) is 4.08. The van der Waals surface area contributed by atoms with E-state index in [-0.39, 0.29) is 12.3 Å². The second kappa shape index (κ2) is 8.47. The smallest absolute Gasteiger partial charge is 0.354 e. The second-order valence-corrected chi connectivity index (χ2v) is 8.26. The van der Waals surface area contributed by atoms with Gasteiger partial charge >= 0.3 is 5.97 Å². The number of hydrogen-bond acceptors (Lipinski definition) is 9. The van der Waals surface area contributed by atoms with E-state index in [1.54, 1.807) is 16.8 Å². The van der Waals surface area contributed by atoms with Crippen LogP contribution in [-0.4, -0.2) is 54.8 Å². The predicted octanol–water partition coefficient (Wildman–Crippen LogP) is 2.88. The van der Waals surface area contributed by atoms with Crippen LogP contribution in [0.4, 0.5) is 5.13 Å². The van der Waals surface area contributed by atoms with Crippen LogP contribution in [0.1, 0.15) is 27.4 Å². The molecule has 0 saturated carbocycles. The number of aromatic nitrogens is 6. The third-order valence-corrected chi connectivity index (χ3v) is 5.98. The van der Waals surface area contributed by atoms with Crippen molar-refractivity contribution in [1.82, 2.24) is 29.5 Å². The second-order valence-electron chi connectivity index (χ2n) is 6.63. The minimum Gasteiger partial charge on any atom is -0.464 e. The van der Waals surface area contributed by atoms with Crippen molar-refractivity contribution in [3.63, 3.8) is 0 Å². The molecule has 2 N–H and O–H groups in total. The summed E-state index contributed by atoms with van der Waals surface area (Å²) in [6.07, 6.45) is 3.71. The lowest BCUT2D eigenvalue weighted by molar-refractivity contribution is -0.115. The number of hydrogen-bond donors (Lipinski definition) is 2. The van der Waals surface area contributed by atoms with Crippen molar-refractivity contribution in [3.8, 4) is 11.3 Å². The maximum atomic E-state index is 12.7. The number of aryl methyl sites for hydroxylation is 2. The average molecular weight is 458 g/mol. The molecule has 0 unspecified atom stereocenters. The minimum absolute atomic E-state index is 0.140. The Bertz CT molecular complexity index is 1290. The first-order valence-electron chi connectivity index (χ1n) is 9.19. The Morgan fingerprint density at radius 3 is 2.84 bits per heavy atom. The molecule has 0 spiro atoms. The number of carbonyl (C=O) groups excluding carboxylic acids is 2. The van der Waals surface area contributed by atoms with Crippen molar-refractivity contribution in [2.75, 3.05) is 18.7 Å². The minimum atomic E-state index is -0.455. The summed E-state index contributed by atoms with van der Waals surface area (Å²) >= 11 is 2.74. The van der Waals surface area contributed by atoms with Crippen LogP contribution in [0.15, 0.2) is 22.8 Å². The number of methoxy groups -OCH3 is 1. The van der Waals surface area contributed by atoms with Gasteiger partial charge in [-0.3, -0.25) is 4.79 Å². The van der Waals surface area contributed by atoms with E-state index in [2.05, 4.69) is 30.4 Å². The van der Waals surface area contributed by atoms with Crippen LogP contribution in [0.5, 0.6) is 0 Å². The standard InChI is InChI=1S/C19H19N7O3S2/c1-9-12(10(2)26-17(21-9)24-19(25-26)30-4)6-15(27)23-18-22-14(8-31-18)11-5-13(20-7-11)16(28)29-3/h5,7-8,20H,6H2,1-4H3,(H,22,23,27). The van der Waals surface area contributed by atoms with Gasteiger partial charge in [0.1, 0.15) is 5.69 Å². The highest BCUT2D eigenvalue weighted by atomic mass is 32.2. The number of nitrogens with zero attached hydrogens (tertiary/aromatic N) is 5. The maximum Gasteiger partial charge on any atom is 0.354 e. The number of thiazole rings is 1. The lowest BCUT2D eigenvalue weighted by atomic mass is 10.1. The monoisotopic (exact) mass is 457 g/mol. The van der Waals surface area contributed by atoms with Gasteiger partial charge in [-0.05, 0) is 26.2 Å². The largest absolute Gasteiger partial charge is 0.464 e. The van der Waals surface area contributed by atoms with E-state index >= 15 is 0 Å². The molecule has 0 aliphatic heterocycles. The molecule has 4 rings (SSSR count). The van der Waals surface area contributed by atoms with Crippen molar-refractivity contribution in [1.29, 1.82) is 0 Å². The van der Waals surface area contributed by atoms with Crippen molar-refractivity contribution in [2.45, 2.75) is 25.4 Å². The lowest BCUT2D eigenvalue weighted by Crippen LogP contribution is -2.17. The first-order chi connectivity index (χ1) is 14.9. The number of esters is 1. The van der Waals surface area contributed by atoms with Crippen LogP contribution in [0.25, 0.3) is 17.0 Å². The molecule has 0 saturated heterocycles. The Morgan fingerprint density at radius 2 is 2.10 bits per heavy atom. The van der Waals surface area contributed by atoms with Crippen molar-refractivity contribution in [2.24, 2.45) is 0 Å². The fourth-order valence-electron chi connectivity index (χ4n) is 3.09. The highest BCUT2D eigenvalue weighted by Crippen LogP contribution is 2.26. The van der Waals surface area contributed by atoms with Crippen LogP contribution in [0.3, 0.4) is 0 Å². The van der Waals surface area contributed by atoms with Gasteiger partial charge in [0.2, 0.25) is 11.1 Å². The molecule has 0 radical (unpaired) electrons. The molecule has 160 valence electrons. The topological polar surface area (TPSA) is 127 Å². The molecule has 0 aliphatic rings. The fourth-order valence-corrected chi connectivity index (χ4v) is 4.16. The van der Waals surface area contributed by atoms with E-state index < -0.39 is 5.97 Å². The Kier molecular flexibility index (Phi) is 5.74. The lowest BCUT2D eigenvalue weighted by Gasteiger charge is -2.09. The highest BCUT2D eigenvalue weighted by molar-refractivity contribution is 7.98. The summed E-state index contributed by atoms with van der Waals surface area (Å²) in [5, 5.41) is 10.1. The van der Waals surface area contributed by atoms with Gasteiger partial charge < -0.3 is 15.0 Å². The first-order valence-corrected chi connectivity index (χ1v) is 11.3. The summed E-state index contributed by atoms with van der Waals surface area (Å²) in [6.45, 7) is 3.75. The Morgan fingerprint density at radius 1 is 1.29 bits per heavy atom. The average Bonchev–Trinajstić information content (AvgIpc) is 3.49. The third-order valence-electron chi connectivity index (χ3n) is 4.68. The Balaban J connectivity index is 1.50. The number of fused-ring (bicyclic) bond motifs is 1. The van der Waals surface area contributed by atoms with E-state index in [1.165, 1.54) is 30.2 Å². The van der Waals surface area contributed by atoms with Crippen LogP contribution < -0.4 is 5.32 Å². The van der Waals surface area contributed by atoms with E-state index in [0.717, 1.165) is 22.5 Å². The number of carbonyl (C=O) groups is 2. The highest BCUT2D eigenvalue weighted by Gasteiger charge is 2.17. The first kappa shape index (κ1) is 21.0. The number of anilines is 1. The summed E-state index contributed by atoms with van der Waals surface area (Å²) in [4.78, 5) is 40.4. The zero-order chi connectivity index (χ0) is 22.1. The van der Waals surface area contributed by atoms with E-state index in [0.29, 0.717) is 27.5 Å². The van der Waals surface area contributed by atoms with Gasteiger partial charge in [-0.25, -0.2) is 19.3 Å². The number of amides is 1. The SMILES string of the molecule is COC(=O)c1cc(-c2csc(NC(=O)Cc3c(C)nc4nc(SC)nn4c3C)n2)c[nH]1. The van der Waals surface area contributed by atoms with Crippen molar-refractivity contribution in [3.05, 3.63) is 40.3 Å². The molecule has 4 heterocycles. The molecular weight excluding hydrogens is 438 g/mol. The quantitative estimate of drug-likeness (QED) is 0.334. The molecule has 31 heavy (non-hydrogen) atoms. The van der Waals surface area contributed by atoms with Gasteiger partial charge in [0.15, 0.2) is 5.13 Å². The van der Waals surface area contributed by atoms with Crippen LogP contribution in [0.2, 0.25) is 0 Å². The molecule has 1 amide bonds. The van der Waals surface area contributed by atoms with Gasteiger partial charge in [-0.1, -0.05) is 11.8 Å². The third kappa shape index (κ3) is 4.16. The maximum absolute atomic E-state index is 12.7. The molecular formula is C19H19N7O3S2. The molecule has 4 aromatic rings. The molecule has 0 aromatic carbocycles. The van der Waals surface area contributed by atoms with Gasteiger partial charge in [-0.2, -0.15) is 4.98 Å². The molecule has 12 heteroatoms. The molecule has 4 aromatic heterocycles. The fraction of sp³-hybridized carbons (Fsp3) is 0.263. The van der Waals surface area contributed by atoms with Gasteiger partial charge in [-0.15, -0.1) is 16.4 Å². The summed E-state index contributed by atoms with van der Waals surface area (Å²) in [7, 11) is 1.32. The van der Waals surface area contributed by atoms with Crippen LogP contribution in [0, 0.1) is 13.8 Å². The van der Waals surface area contributed by atoms with Gasteiger partial charge in [0.25, 0.3) is 5.78 Å². The number of H-pyrrole nitrogens is 1. The number of thioether (sulfide) groups is 1. The van der Waals surface area contributed by atoms with E-state index in [9.17, 15) is 9.59 Å². The predicted molar refractivity (Wildman–Crippen MR) is 118 cm³/mol. The Labute approximate surface area is 185 Å². The van der Waals surface area contributed by atoms with E-state index in [1.807, 2.05) is 25.5 Å². The number of aromatic amines is 1. The van der Waals surface area contributed by atoms with Crippen molar-refractivity contribution < 1.29 is 14.3 Å². The number of ether oxygens (including phenoxy) is 1. The molecule has 0 fully saturated rings. The molecule has 0 bridgehead atoms.